The largest absolute Gasteiger partial charge is 0.389 e. The molecule has 0 amide bonds. The zero-order valence-electron chi connectivity index (χ0n) is 9.74. The van der Waals surface area contributed by atoms with E-state index in [-0.39, 0.29) is 6.42 Å². The van der Waals surface area contributed by atoms with E-state index >= 15 is 0 Å². The zero-order chi connectivity index (χ0) is 13.1. The van der Waals surface area contributed by atoms with Gasteiger partial charge in [0.15, 0.2) is 0 Å². The number of nitrogens with one attached hydrogen (secondary N) is 1. The molecule has 0 heterocycles. The van der Waals surface area contributed by atoms with Crippen molar-refractivity contribution in [3.05, 3.63) is 35.1 Å². The topological polar surface area (TPSA) is 12.0 Å². The third-order valence-corrected chi connectivity index (χ3v) is 2.53. The van der Waals surface area contributed by atoms with Crippen LogP contribution in [0, 0.1) is 12.7 Å². The van der Waals surface area contributed by atoms with Crippen LogP contribution in [0.4, 0.5) is 17.6 Å². The van der Waals surface area contributed by atoms with Crippen LogP contribution in [-0.4, -0.2) is 13.2 Å². The maximum atomic E-state index is 13.1. The second kappa shape index (κ2) is 5.49. The molecule has 1 unspecified atom stereocenters. The van der Waals surface area contributed by atoms with Crippen LogP contribution in [-0.2, 0) is 0 Å². The minimum absolute atomic E-state index is 0.0944. The van der Waals surface area contributed by atoms with Crippen molar-refractivity contribution in [1.82, 2.24) is 5.32 Å². The summed E-state index contributed by atoms with van der Waals surface area (Å²) in [6, 6.07) is 3.83. The van der Waals surface area contributed by atoms with Crippen LogP contribution in [0.5, 0.6) is 0 Å². The predicted octanol–water partition coefficient (Wildman–Crippen LogP) is 3.74. The number of hydrogen-bond acceptors (Lipinski definition) is 1. The lowest BCUT2D eigenvalue weighted by atomic mass is 10.00. The van der Waals surface area contributed by atoms with E-state index in [1.165, 1.54) is 12.1 Å². The summed E-state index contributed by atoms with van der Waals surface area (Å²) < 4.78 is 49.5. The lowest BCUT2D eigenvalue weighted by Crippen LogP contribution is -2.20. The second-order valence-electron chi connectivity index (χ2n) is 4.06. The summed E-state index contributed by atoms with van der Waals surface area (Å²) in [5, 5.41) is 2.78. The quantitative estimate of drug-likeness (QED) is 0.801. The molecule has 1 rings (SSSR count). The molecule has 0 saturated heterocycles. The SMILES string of the molecule is CNC(CCC(F)(F)F)c1cc(C)cc(F)c1. The first-order chi connectivity index (χ1) is 7.81. The van der Waals surface area contributed by atoms with Crippen LogP contribution in [0.2, 0.25) is 0 Å². The van der Waals surface area contributed by atoms with Gasteiger partial charge in [-0.3, -0.25) is 0 Å². The van der Waals surface area contributed by atoms with E-state index in [9.17, 15) is 17.6 Å². The molecule has 1 aromatic rings. The van der Waals surface area contributed by atoms with Crippen molar-refractivity contribution in [3.8, 4) is 0 Å². The molecule has 1 nitrogen and oxygen atoms in total. The Labute approximate surface area is 97.8 Å². The molecule has 5 heteroatoms. The average molecular weight is 249 g/mol. The fraction of sp³-hybridized carbons (Fsp3) is 0.500. The normalized spacial score (nSPS) is 13.8. The molecular formula is C12H15F4N. The highest BCUT2D eigenvalue weighted by atomic mass is 19.4. The van der Waals surface area contributed by atoms with Crippen molar-refractivity contribution in [2.45, 2.75) is 32.0 Å². The van der Waals surface area contributed by atoms with Gasteiger partial charge in [0.2, 0.25) is 0 Å². The maximum absolute atomic E-state index is 13.1. The predicted molar refractivity (Wildman–Crippen MR) is 58.2 cm³/mol. The Morgan fingerprint density at radius 1 is 1.24 bits per heavy atom. The van der Waals surface area contributed by atoms with Crippen molar-refractivity contribution in [2.24, 2.45) is 0 Å². The van der Waals surface area contributed by atoms with Crippen LogP contribution in [0.3, 0.4) is 0 Å². The first-order valence-electron chi connectivity index (χ1n) is 5.33. The highest BCUT2D eigenvalue weighted by molar-refractivity contribution is 5.26. The molecule has 0 radical (unpaired) electrons. The summed E-state index contributed by atoms with van der Waals surface area (Å²) in [4.78, 5) is 0. The number of rotatable bonds is 4. The van der Waals surface area contributed by atoms with E-state index in [4.69, 9.17) is 0 Å². The smallest absolute Gasteiger partial charge is 0.313 e. The van der Waals surface area contributed by atoms with Crippen molar-refractivity contribution in [1.29, 1.82) is 0 Å². The summed E-state index contributed by atoms with van der Waals surface area (Å²) in [6.45, 7) is 1.71. The lowest BCUT2D eigenvalue weighted by Gasteiger charge is -2.18. The molecule has 1 aromatic carbocycles. The Balaban J connectivity index is 2.79. The highest BCUT2D eigenvalue weighted by Gasteiger charge is 2.28. The van der Waals surface area contributed by atoms with Gasteiger partial charge in [0.05, 0.1) is 0 Å². The highest BCUT2D eigenvalue weighted by Crippen LogP contribution is 2.28. The Kier molecular flexibility index (Phi) is 4.51. The van der Waals surface area contributed by atoms with Crippen LogP contribution >= 0.6 is 0 Å². The van der Waals surface area contributed by atoms with Gasteiger partial charge in [0, 0.05) is 12.5 Å². The van der Waals surface area contributed by atoms with Gasteiger partial charge in [-0.05, 0) is 43.7 Å². The number of hydrogen-bond donors (Lipinski definition) is 1. The standard InChI is InChI=1S/C12H15F4N/c1-8-5-9(7-10(13)6-8)11(17-2)3-4-12(14,15)16/h5-7,11,17H,3-4H2,1-2H3. The minimum Gasteiger partial charge on any atom is -0.313 e. The van der Waals surface area contributed by atoms with E-state index in [0.717, 1.165) is 0 Å². The Morgan fingerprint density at radius 3 is 2.35 bits per heavy atom. The number of benzene rings is 1. The molecule has 0 aliphatic rings. The van der Waals surface area contributed by atoms with Gasteiger partial charge < -0.3 is 5.32 Å². The van der Waals surface area contributed by atoms with E-state index in [0.29, 0.717) is 11.1 Å². The number of aryl methyl sites for hydroxylation is 1. The monoisotopic (exact) mass is 249 g/mol. The molecular weight excluding hydrogens is 234 g/mol. The van der Waals surface area contributed by atoms with E-state index in [2.05, 4.69) is 5.32 Å². The van der Waals surface area contributed by atoms with E-state index in [1.807, 2.05) is 0 Å². The first-order valence-corrected chi connectivity index (χ1v) is 5.33. The fourth-order valence-corrected chi connectivity index (χ4v) is 1.75. The van der Waals surface area contributed by atoms with Gasteiger partial charge >= 0.3 is 6.18 Å². The molecule has 0 bridgehead atoms. The third kappa shape index (κ3) is 4.73. The van der Waals surface area contributed by atoms with Crippen molar-refractivity contribution < 1.29 is 17.6 Å². The molecule has 0 aromatic heterocycles. The summed E-state index contributed by atoms with van der Waals surface area (Å²) in [5.41, 5.74) is 1.25. The van der Waals surface area contributed by atoms with Crippen LogP contribution in [0.25, 0.3) is 0 Å². The van der Waals surface area contributed by atoms with Gasteiger partial charge in [-0.15, -0.1) is 0 Å². The first kappa shape index (κ1) is 14.0. The van der Waals surface area contributed by atoms with Crippen LogP contribution in [0.15, 0.2) is 18.2 Å². The maximum Gasteiger partial charge on any atom is 0.389 e. The van der Waals surface area contributed by atoms with Crippen molar-refractivity contribution in [3.63, 3.8) is 0 Å². The van der Waals surface area contributed by atoms with Gasteiger partial charge in [0.1, 0.15) is 5.82 Å². The number of halogens is 4. The van der Waals surface area contributed by atoms with Gasteiger partial charge in [0.25, 0.3) is 0 Å². The molecule has 0 aliphatic carbocycles. The van der Waals surface area contributed by atoms with Crippen LogP contribution < -0.4 is 5.32 Å². The second-order valence-corrected chi connectivity index (χ2v) is 4.06. The average Bonchev–Trinajstić information content (AvgIpc) is 2.15. The van der Waals surface area contributed by atoms with Gasteiger partial charge in [-0.2, -0.15) is 13.2 Å². The Bertz CT molecular complexity index is 353. The van der Waals surface area contributed by atoms with Crippen molar-refractivity contribution in [2.75, 3.05) is 7.05 Å². The molecule has 96 valence electrons. The zero-order valence-corrected chi connectivity index (χ0v) is 9.74. The van der Waals surface area contributed by atoms with E-state index in [1.54, 1.807) is 20.0 Å². The summed E-state index contributed by atoms with van der Waals surface area (Å²) in [5.74, 6) is -0.424. The minimum atomic E-state index is -4.18. The molecule has 1 atom stereocenters. The Hall–Kier alpha value is -1.10. The molecule has 0 fully saturated rings. The lowest BCUT2D eigenvalue weighted by molar-refractivity contribution is -0.136. The molecule has 0 aliphatic heterocycles. The molecule has 17 heavy (non-hydrogen) atoms. The number of alkyl halides is 3. The van der Waals surface area contributed by atoms with E-state index < -0.39 is 24.5 Å². The summed E-state index contributed by atoms with van der Waals surface area (Å²) in [7, 11) is 1.57. The Morgan fingerprint density at radius 2 is 1.88 bits per heavy atom. The van der Waals surface area contributed by atoms with Gasteiger partial charge in [-0.25, -0.2) is 4.39 Å². The molecule has 1 N–H and O–H groups in total. The summed E-state index contributed by atoms with van der Waals surface area (Å²) >= 11 is 0. The van der Waals surface area contributed by atoms with Crippen molar-refractivity contribution >= 4 is 0 Å². The summed E-state index contributed by atoms with van der Waals surface area (Å²) in [6.07, 6.45) is -5.16. The van der Waals surface area contributed by atoms with Crippen LogP contribution in [0.1, 0.15) is 30.0 Å². The molecule has 0 spiro atoms. The van der Waals surface area contributed by atoms with Gasteiger partial charge in [-0.1, -0.05) is 6.07 Å². The molecule has 0 saturated carbocycles. The fourth-order valence-electron chi connectivity index (χ4n) is 1.75. The third-order valence-electron chi connectivity index (χ3n) is 2.53.